The third kappa shape index (κ3) is 12.2. The number of benzene rings is 4. The lowest BCUT2D eigenvalue weighted by Crippen LogP contribution is -2.37. The van der Waals surface area contributed by atoms with E-state index in [1.54, 1.807) is 19.2 Å². The minimum absolute atomic E-state index is 0.0364. The van der Waals surface area contributed by atoms with E-state index < -0.39 is 54.2 Å². The molecule has 1 fully saturated rings. The van der Waals surface area contributed by atoms with E-state index >= 15 is 0 Å². The summed E-state index contributed by atoms with van der Waals surface area (Å²) in [6, 6.07) is 13.9. The molecule has 5 N–H and O–H groups in total. The number of ether oxygens (including phenoxy) is 3. The van der Waals surface area contributed by atoms with E-state index in [0.29, 0.717) is 38.7 Å². The second-order valence-corrected chi connectivity index (χ2v) is 13.9. The highest BCUT2D eigenvalue weighted by Crippen LogP contribution is 2.35. The lowest BCUT2D eigenvalue weighted by atomic mass is 10.1. The Hall–Kier alpha value is -4.57. The molecule has 13 nitrogen and oxygen atoms in total. The molecule has 1 saturated heterocycles. The monoisotopic (exact) mass is 928 g/mol. The van der Waals surface area contributed by atoms with Crippen LogP contribution in [0.2, 0.25) is 5.02 Å². The van der Waals surface area contributed by atoms with Crippen LogP contribution in [0.3, 0.4) is 0 Å². The Balaban J connectivity index is 0.000000221. The second kappa shape index (κ2) is 21.3. The van der Waals surface area contributed by atoms with E-state index in [0.717, 1.165) is 56.8 Å². The van der Waals surface area contributed by atoms with Crippen LogP contribution in [0.15, 0.2) is 67.0 Å². The van der Waals surface area contributed by atoms with Crippen LogP contribution < -0.4 is 25.6 Å². The molecule has 1 aromatic heterocycles. The van der Waals surface area contributed by atoms with E-state index in [-0.39, 0.29) is 16.3 Å². The number of anilines is 4. The zero-order valence-corrected chi connectivity index (χ0v) is 33.3. The van der Waals surface area contributed by atoms with E-state index in [4.69, 9.17) is 36.0 Å². The van der Waals surface area contributed by atoms with Crippen molar-refractivity contribution in [3.63, 3.8) is 0 Å². The number of rotatable bonds is 15. The lowest BCUT2D eigenvalue weighted by molar-refractivity contribution is -0.0295. The van der Waals surface area contributed by atoms with Crippen LogP contribution in [0, 0.1) is 26.8 Å². The molecule has 2 heterocycles. The number of carbonyl (C=O) groups excluding carboxylic acids is 1. The smallest absolute Gasteiger partial charge is 0.277 e. The number of halogens is 6. The van der Waals surface area contributed by atoms with E-state index in [9.17, 15) is 22.4 Å². The largest absolute Gasteiger partial charge is 0.493 e. The van der Waals surface area contributed by atoms with Crippen LogP contribution in [0.25, 0.3) is 10.9 Å². The van der Waals surface area contributed by atoms with Gasteiger partial charge in [0.15, 0.2) is 23.1 Å². The Morgan fingerprint density at radius 2 is 1.75 bits per heavy atom. The number of aliphatic hydroxyl groups is 2. The molecule has 0 spiro atoms. The van der Waals surface area contributed by atoms with Gasteiger partial charge in [-0.15, -0.1) is 0 Å². The SMILES string of the molecule is COc1cc2ncnc(Nc3ccc(F)c(Cl)c3)c2cc1OCCCN1CCOCC1.O=C(NOC[C@H](O)CO)c1ccc(F)c(F)c1Nc1ccc(I)cc1F. The quantitative estimate of drug-likeness (QED) is 0.0326. The van der Waals surface area contributed by atoms with Gasteiger partial charge >= 0.3 is 0 Å². The minimum atomic E-state index is -1.37. The Morgan fingerprint density at radius 3 is 2.47 bits per heavy atom. The van der Waals surface area contributed by atoms with Gasteiger partial charge in [-0.1, -0.05) is 11.6 Å². The number of nitrogens with zero attached hydrogens (tertiary/aromatic N) is 3. The van der Waals surface area contributed by atoms with Gasteiger partial charge in [-0.2, -0.15) is 0 Å². The molecular formula is C38H38ClF4IN6O7. The summed E-state index contributed by atoms with van der Waals surface area (Å²) in [5, 5.41) is 24.1. The van der Waals surface area contributed by atoms with Crippen molar-refractivity contribution in [2.45, 2.75) is 12.5 Å². The van der Waals surface area contributed by atoms with Crippen LogP contribution in [-0.4, -0.2) is 96.9 Å². The summed E-state index contributed by atoms with van der Waals surface area (Å²) in [7, 11) is 1.60. The summed E-state index contributed by atoms with van der Waals surface area (Å²) in [4.78, 5) is 27.8. The van der Waals surface area contributed by atoms with Crippen LogP contribution in [0.4, 0.5) is 40.4 Å². The number of hydrogen-bond acceptors (Lipinski definition) is 12. The normalized spacial score (nSPS) is 13.4. The molecule has 1 atom stereocenters. The topological polar surface area (TPSA) is 160 Å². The number of carbonyl (C=O) groups is 1. The summed E-state index contributed by atoms with van der Waals surface area (Å²) in [5.41, 5.74) is 2.17. The van der Waals surface area contributed by atoms with Crippen LogP contribution in [0.5, 0.6) is 11.5 Å². The number of aromatic nitrogens is 2. The fourth-order valence-corrected chi connectivity index (χ4v) is 5.97. The zero-order chi connectivity index (χ0) is 40.9. The van der Waals surface area contributed by atoms with Crippen molar-refractivity contribution in [2.75, 3.05) is 70.4 Å². The van der Waals surface area contributed by atoms with E-state index in [1.165, 1.54) is 30.6 Å². The van der Waals surface area contributed by atoms with Crippen LogP contribution >= 0.6 is 34.2 Å². The van der Waals surface area contributed by atoms with Crippen molar-refractivity contribution in [1.29, 1.82) is 0 Å². The highest BCUT2D eigenvalue weighted by Gasteiger charge is 2.21. The molecule has 57 heavy (non-hydrogen) atoms. The number of hydrogen-bond donors (Lipinski definition) is 5. The maximum Gasteiger partial charge on any atom is 0.277 e. The molecule has 1 amide bonds. The lowest BCUT2D eigenvalue weighted by Gasteiger charge is -2.26. The van der Waals surface area contributed by atoms with Crippen molar-refractivity contribution in [3.05, 3.63) is 104 Å². The summed E-state index contributed by atoms with van der Waals surface area (Å²) >= 11 is 7.78. The number of methoxy groups -OCH3 is 1. The number of fused-ring (bicyclic) bond motifs is 1. The minimum Gasteiger partial charge on any atom is -0.493 e. The van der Waals surface area contributed by atoms with E-state index in [1.807, 2.05) is 40.2 Å². The molecule has 0 unspecified atom stereocenters. The molecule has 4 aromatic carbocycles. The molecule has 0 radical (unpaired) electrons. The van der Waals surface area contributed by atoms with Gasteiger partial charge < -0.3 is 35.1 Å². The van der Waals surface area contributed by atoms with Gasteiger partial charge in [0.2, 0.25) is 0 Å². The van der Waals surface area contributed by atoms with Crippen molar-refractivity contribution in [1.82, 2.24) is 20.3 Å². The number of nitrogens with one attached hydrogen (secondary N) is 3. The summed E-state index contributed by atoms with van der Waals surface area (Å²) < 4.78 is 72.7. The molecule has 1 aliphatic heterocycles. The van der Waals surface area contributed by atoms with Gasteiger partial charge in [0.25, 0.3) is 5.91 Å². The first-order valence-corrected chi connectivity index (χ1v) is 18.8. The van der Waals surface area contributed by atoms with Gasteiger partial charge in [0.1, 0.15) is 36.5 Å². The van der Waals surface area contributed by atoms with Gasteiger partial charge in [-0.25, -0.2) is 33.0 Å². The molecule has 0 saturated carbocycles. The number of hydroxylamine groups is 1. The predicted molar refractivity (Wildman–Crippen MR) is 213 cm³/mol. The first kappa shape index (κ1) is 43.6. The molecular weight excluding hydrogens is 891 g/mol. The number of amides is 1. The highest BCUT2D eigenvalue weighted by atomic mass is 127. The Bertz CT molecular complexity index is 2150. The fraction of sp³-hybridized carbons (Fsp3) is 0.289. The predicted octanol–water partition coefficient (Wildman–Crippen LogP) is 6.74. The van der Waals surface area contributed by atoms with E-state index in [2.05, 4.69) is 30.3 Å². The summed E-state index contributed by atoms with van der Waals surface area (Å²) in [6.45, 7) is 4.01. The molecule has 0 bridgehead atoms. The molecule has 0 aliphatic carbocycles. The summed E-state index contributed by atoms with van der Waals surface area (Å²) in [5.74, 6) is -2.96. The third-order valence-electron chi connectivity index (χ3n) is 8.26. The number of aliphatic hydroxyl groups excluding tert-OH is 2. The van der Waals surface area contributed by atoms with Gasteiger partial charge in [-0.05, 0) is 83.6 Å². The molecule has 5 aromatic rings. The van der Waals surface area contributed by atoms with Crippen LogP contribution in [-0.2, 0) is 9.57 Å². The number of morpholine rings is 1. The average molecular weight is 929 g/mol. The van der Waals surface area contributed by atoms with Crippen molar-refractivity contribution < 1.29 is 51.6 Å². The summed E-state index contributed by atoms with van der Waals surface area (Å²) in [6.07, 6.45) is 1.13. The first-order chi connectivity index (χ1) is 27.5. The molecule has 19 heteroatoms. The highest BCUT2D eigenvalue weighted by molar-refractivity contribution is 14.1. The fourth-order valence-electron chi connectivity index (χ4n) is 5.34. The standard InChI is InChI=1S/C22H24ClFN4O3.C16H14F3IN2O4/c1-29-20-13-19-16(12-21(20)31-8-2-5-28-6-9-30-10-7-28)22(26-14-25-19)27-15-3-4-18(24)17(23)11-15;17-11-3-2-10(16(25)22-26-7-9(24)6-23)15(14(11)19)21-13-4-1-8(20)5-12(13)18/h3-4,11-14H,2,5-10H2,1H3,(H,25,26,27);1-5,9,21,23-24H,6-7H2,(H,22,25)/t;9-/m.1/s1. The zero-order valence-electron chi connectivity index (χ0n) is 30.3. The second-order valence-electron chi connectivity index (χ2n) is 12.3. The Kier molecular flexibility index (Phi) is 16.2. The molecule has 6 rings (SSSR count). The Morgan fingerprint density at radius 1 is 0.982 bits per heavy atom. The van der Waals surface area contributed by atoms with Crippen LogP contribution in [0.1, 0.15) is 16.8 Å². The van der Waals surface area contributed by atoms with Gasteiger partial charge in [0.05, 0.1) is 61.0 Å². The van der Waals surface area contributed by atoms with Crippen molar-refractivity contribution in [2.24, 2.45) is 0 Å². The average Bonchev–Trinajstić information content (AvgIpc) is 3.21. The molecule has 304 valence electrons. The third-order valence-corrected chi connectivity index (χ3v) is 9.23. The first-order valence-electron chi connectivity index (χ1n) is 17.4. The maximum atomic E-state index is 14.2. The van der Waals surface area contributed by atoms with Gasteiger partial charge in [-0.3, -0.25) is 14.5 Å². The van der Waals surface area contributed by atoms with Gasteiger partial charge in [0, 0.05) is 40.3 Å². The van der Waals surface area contributed by atoms with Crippen molar-refractivity contribution >= 4 is 73.9 Å². The van der Waals surface area contributed by atoms with Crippen molar-refractivity contribution in [3.8, 4) is 11.5 Å². The maximum absolute atomic E-state index is 14.2. The Labute approximate surface area is 343 Å². The molecule has 1 aliphatic rings.